The molecule has 2 heterocycles. The molecule has 1 aromatic heterocycles. The zero-order valence-electron chi connectivity index (χ0n) is 19.9. The number of nitrogen functional groups attached to an aromatic ring is 1. The minimum absolute atomic E-state index is 0.0331. The van der Waals surface area contributed by atoms with Crippen LogP contribution in [0.15, 0.2) is 36.4 Å². The fourth-order valence-corrected chi connectivity index (χ4v) is 4.46. The smallest absolute Gasteiger partial charge is 0.228 e. The second-order valence-electron chi connectivity index (χ2n) is 8.61. The number of ether oxygens (including phenoxy) is 2. The van der Waals surface area contributed by atoms with Crippen molar-refractivity contribution in [3.63, 3.8) is 0 Å². The van der Waals surface area contributed by atoms with Gasteiger partial charge in [-0.3, -0.25) is 4.79 Å². The van der Waals surface area contributed by atoms with Crippen molar-refractivity contribution in [1.82, 2.24) is 14.9 Å². The Morgan fingerprint density at radius 1 is 1.12 bits per heavy atom. The van der Waals surface area contributed by atoms with Gasteiger partial charge in [-0.25, -0.2) is 9.37 Å². The van der Waals surface area contributed by atoms with E-state index in [4.69, 9.17) is 15.2 Å². The Morgan fingerprint density at radius 2 is 1.85 bits per heavy atom. The second kappa shape index (κ2) is 9.70. The number of hydrogen-bond donors (Lipinski definition) is 1. The zero-order chi connectivity index (χ0) is 24.4. The van der Waals surface area contributed by atoms with Gasteiger partial charge < -0.3 is 25.0 Å². The summed E-state index contributed by atoms with van der Waals surface area (Å²) in [5.41, 5.74) is 7.41. The Kier molecular flexibility index (Phi) is 6.72. The summed E-state index contributed by atoms with van der Waals surface area (Å²) in [6, 6.07) is 11.4. The van der Waals surface area contributed by atoms with E-state index in [2.05, 4.69) is 9.97 Å². The monoisotopic (exact) mass is 467 g/mol. The van der Waals surface area contributed by atoms with E-state index in [-0.39, 0.29) is 40.8 Å². The maximum atomic E-state index is 15.2. The van der Waals surface area contributed by atoms with Gasteiger partial charge in [0.1, 0.15) is 11.3 Å². The molecular weight excluding hydrogens is 437 g/mol. The molecular formula is C25H30FN5O3. The molecule has 0 spiro atoms. The van der Waals surface area contributed by atoms with Crippen molar-refractivity contribution in [2.24, 2.45) is 0 Å². The largest absolute Gasteiger partial charge is 0.493 e. The van der Waals surface area contributed by atoms with Gasteiger partial charge >= 0.3 is 0 Å². The van der Waals surface area contributed by atoms with Crippen LogP contribution in [-0.2, 0) is 11.2 Å². The fourth-order valence-electron chi connectivity index (χ4n) is 4.46. The second-order valence-corrected chi connectivity index (χ2v) is 8.61. The number of hydrogen-bond acceptors (Lipinski definition) is 7. The summed E-state index contributed by atoms with van der Waals surface area (Å²) >= 11 is 0. The number of benzene rings is 2. The summed E-state index contributed by atoms with van der Waals surface area (Å²) in [5.74, 6) is 0.134. The van der Waals surface area contributed by atoms with Gasteiger partial charge in [-0.2, -0.15) is 4.98 Å². The van der Waals surface area contributed by atoms with Gasteiger partial charge in [-0.15, -0.1) is 0 Å². The molecule has 2 atom stereocenters. The SMILES string of the molecule is COc1cc2c(N)nc(N3CC(C)N(C(=O)CCc4ccccc4)CC3C)nc2c(F)c1OC. The number of rotatable bonds is 6. The normalized spacial score (nSPS) is 18.3. The molecule has 2 unspecified atom stereocenters. The van der Waals surface area contributed by atoms with Gasteiger partial charge in [0.25, 0.3) is 0 Å². The number of carbonyl (C=O) groups is 1. The van der Waals surface area contributed by atoms with Gasteiger partial charge in [-0.05, 0) is 31.9 Å². The van der Waals surface area contributed by atoms with E-state index in [1.54, 1.807) is 6.07 Å². The first kappa shape index (κ1) is 23.5. The van der Waals surface area contributed by atoms with Crippen LogP contribution in [0.3, 0.4) is 0 Å². The van der Waals surface area contributed by atoms with Crippen molar-refractivity contribution in [2.45, 2.75) is 38.8 Å². The minimum Gasteiger partial charge on any atom is -0.493 e. The van der Waals surface area contributed by atoms with Crippen molar-refractivity contribution in [2.75, 3.05) is 37.9 Å². The lowest BCUT2D eigenvalue weighted by molar-refractivity contribution is -0.134. The molecule has 0 aliphatic carbocycles. The van der Waals surface area contributed by atoms with E-state index >= 15 is 4.39 Å². The molecule has 1 fully saturated rings. The van der Waals surface area contributed by atoms with Crippen LogP contribution in [0, 0.1) is 5.82 Å². The average molecular weight is 468 g/mol. The molecule has 180 valence electrons. The number of amides is 1. The average Bonchev–Trinajstić information content (AvgIpc) is 2.84. The topological polar surface area (TPSA) is 93.8 Å². The molecule has 4 rings (SSSR count). The van der Waals surface area contributed by atoms with Crippen LogP contribution < -0.4 is 20.1 Å². The van der Waals surface area contributed by atoms with Crippen molar-refractivity contribution < 1.29 is 18.7 Å². The van der Waals surface area contributed by atoms with Crippen LogP contribution in [0.25, 0.3) is 10.9 Å². The summed E-state index contributed by atoms with van der Waals surface area (Å²) in [7, 11) is 2.80. The minimum atomic E-state index is -0.650. The molecule has 1 saturated heterocycles. The highest BCUT2D eigenvalue weighted by Crippen LogP contribution is 2.38. The highest BCUT2D eigenvalue weighted by atomic mass is 19.1. The van der Waals surface area contributed by atoms with Gasteiger partial charge in [0, 0.05) is 37.0 Å². The molecule has 0 radical (unpaired) electrons. The number of piperazine rings is 1. The van der Waals surface area contributed by atoms with Crippen molar-refractivity contribution in [3.8, 4) is 11.5 Å². The molecule has 34 heavy (non-hydrogen) atoms. The quantitative estimate of drug-likeness (QED) is 0.594. The third kappa shape index (κ3) is 4.42. The maximum Gasteiger partial charge on any atom is 0.228 e. The Labute approximate surface area is 198 Å². The number of nitrogens with zero attached hydrogens (tertiary/aromatic N) is 4. The number of nitrogens with two attached hydrogens (primary N) is 1. The number of anilines is 2. The molecule has 1 aliphatic rings. The summed E-state index contributed by atoms with van der Waals surface area (Å²) in [4.78, 5) is 25.8. The number of aryl methyl sites for hydroxylation is 1. The number of methoxy groups -OCH3 is 2. The first-order valence-corrected chi connectivity index (χ1v) is 11.3. The van der Waals surface area contributed by atoms with Crippen LogP contribution >= 0.6 is 0 Å². The number of fused-ring (bicyclic) bond motifs is 1. The summed E-state index contributed by atoms with van der Waals surface area (Å²) < 4.78 is 25.6. The lowest BCUT2D eigenvalue weighted by Gasteiger charge is -2.44. The molecule has 0 saturated carbocycles. The number of halogens is 1. The van der Waals surface area contributed by atoms with E-state index in [1.165, 1.54) is 14.2 Å². The molecule has 8 nitrogen and oxygen atoms in total. The Hall–Kier alpha value is -3.62. The van der Waals surface area contributed by atoms with Crippen molar-refractivity contribution >= 4 is 28.6 Å². The van der Waals surface area contributed by atoms with E-state index < -0.39 is 5.82 Å². The third-order valence-corrected chi connectivity index (χ3v) is 6.33. The Bertz CT molecular complexity index is 1190. The Morgan fingerprint density at radius 3 is 2.53 bits per heavy atom. The molecule has 2 N–H and O–H groups in total. The first-order valence-electron chi connectivity index (χ1n) is 11.3. The molecule has 1 amide bonds. The van der Waals surface area contributed by atoms with Crippen LogP contribution in [-0.4, -0.2) is 60.2 Å². The predicted molar refractivity (Wildman–Crippen MR) is 130 cm³/mol. The summed E-state index contributed by atoms with van der Waals surface area (Å²) in [6.07, 6.45) is 1.16. The fraction of sp³-hybridized carbons (Fsp3) is 0.400. The number of aromatic nitrogens is 2. The molecule has 3 aromatic rings. The third-order valence-electron chi connectivity index (χ3n) is 6.33. The van der Waals surface area contributed by atoms with Gasteiger partial charge in [0.15, 0.2) is 17.3 Å². The summed E-state index contributed by atoms with van der Waals surface area (Å²) in [6.45, 7) is 5.03. The van der Waals surface area contributed by atoms with Crippen LogP contribution in [0.2, 0.25) is 0 Å². The van der Waals surface area contributed by atoms with E-state index in [1.807, 2.05) is 54.0 Å². The Balaban J connectivity index is 1.55. The molecule has 1 aliphatic heterocycles. The van der Waals surface area contributed by atoms with E-state index in [9.17, 15) is 4.79 Å². The lowest BCUT2D eigenvalue weighted by Crippen LogP contribution is -2.58. The standard InChI is InChI=1S/C25H30FN5O3/c1-15-14-31(16(2)13-30(15)20(32)11-10-17-8-6-5-7-9-17)25-28-22-18(24(27)29-25)12-19(33-3)23(34-4)21(22)26/h5-9,12,15-16H,10-11,13-14H2,1-4H3,(H2,27,28,29). The van der Waals surface area contributed by atoms with Crippen LogP contribution in [0.4, 0.5) is 16.2 Å². The number of carbonyl (C=O) groups excluding carboxylic acids is 1. The van der Waals surface area contributed by atoms with Crippen LogP contribution in [0.5, 0.6) is 11.5 Å². The lowest BCUT2D eigenvalue weighted by atomic mass is 10.1. The van der Waals surface area contributed by atoms with Gasteiger partial charge in [-0.1, -0.05) is 30.3 Å². The first-order chi connectivity index (χ1) is 16.3. The zero-order valence-corrected chi connectivity index (χ0v) is 19.9. The van der Waals surface area contributed by atoms with Gasteiger partial charge in [0.05, 0.1) is 14.2 Å². The highest BCUT2D eigenvalue weighted by molar-refractivity contribution is 5.92. The summed E-state index contributed by atoms with van der Waals surface area (Å²) in [5, 5.41) is 0.356. The van der Waals surface area contributed by atoms with Crippen molar-refractivity contribution in [3.05, 3.63) is 47.8 Å². The maximum absolute atomic E-state index is 15.2. The van der Waals surface area contributed by atoms with E-state index in [0.717, 1.165) is 5.56 Å². The molecule has 0 bridgehead atoms. The molecule has 9 heteroatoms. The van der Waals surface area contributed by atoms with Crippen molar-refractivity contribution in [1.29, 1.82) is 0 Å². The highest BCUT2D eigenvalue weighted by Gasteiger charge is 2.33. The predicted octanol–water partition coefficient (Wildman–Crippen LogP) is 3.43. The van der Waals surface area contributed by atoms with Gasteiger partial charge in [0.2, 0.25) is 11.9 Å². The van der Waals surface area contributed by atoms with E-state index in [0.29, 0.717) is 37.3 Å². The van der Waals surface area contributed by atoms with Crippen LogP contribution in [0.1, 0.15) is 25.8 Å². The molecule has 2 aromatic carbocycles.